The van der Waals surface area contributed by atoms with Crippen LogP contribution in [0.5, 0.6) is 0 Å². The SMILES string of the molecule is CC(C)(C)OC(=O)N1CC(C(=O)O)C2(CCCC(C(F)(F)F)C2)C1. The van der Waals surface area contributed by atoms with Crippen molar-refractivity contribution in [2.75, 3.05) is 13.1 Å². The molecule has 2 fully saturated rings. The summed E-state index contributed by atoms with van der Waals surface area (Å²) in [6, 6.07) is 0. The maximum absolute atomic E-state index is 13.1. The van der Waals surface area contributed by atoms with Crippen molar-refractivity contribution in [3.05, 3.63) is 0 Å². The van der Waals surface area contributed by atoms with E-state index in [0.29, 0.717) is 12.8 Å². The fourth-order valence-corrected chi connectivity index (χ4v) is 3.91. The Labute approximate surface area is 139 Å². The highest BCUT2D eigenvalue weighted by molar-refractivity contribution is 5.75. The summed E-state index contributed by atoms with van der Waals surface area (Å²) in [5.74, 6) is -3.65. The maximum atomic E-state index is 13.1. The third kappa shape index (κ3) is 3.95. The number of hydrogen-bond donors (Lipinski definition) is 1. The first-order valence-corrected chi connectivity index (χ1v) is 8.11. The van der Waals surface area contributed by atoms with Crippen molar-refractivity contribution in [2.45, 2.75) is 58.2 Å². The molecule has 1 aliphatic carbocycles. The molecule has 1 saturated carbocycles. The van der Waals surface area contributed by atoms with Gasteiger partial charge in [-0.3, -0.25) is 4.79 Å². The van der Waals surface area contributed by atoms with E-state index >= 15 is 0 Å². The Bertz CT molecular complexity index is 514. The first-order valence-electron chi connectivity index (χ1n) is 8.11. The summed E-state index contributed by atoms with van der Waals surface area (Å²) < 4.78 is 44.6. The maximum Gasteiger partial charge on any atom is 0.410 e. The lowest BCUT2D eigenvalue weighted by molar-refractivity contribution is -0.195. The quantitative estimate of drug-likeness (QED) is 0.783. The molecule has 0 radical (unpaired) electrons. The molecule has 0 bridgehead atoms. The van der Waals surface area contributed by atoms with Crippen LogP contribution in [0.15, 0.2) is 0 Å². The number of amides is 1. The molecule has 3 atom stereocenters. The summed E-state index contributed by atoms with van der Waals surface area (Å²) in [5.41, 5.74) is -1.77. The first-order chi connectivity index (χ1) is 10.8. The number of halogens is 3. The lowest BCUT2D eigenvalue weighted by atomic mass is 9.64. The molecule has 1 spiro atoms. The lowest BCUT2D eigenvalue weighted by Gasteiger charge is -2.40. The van der Waals surface area contributed by atoms with Gasteiger partial charge in [-0.05, 0) is 40.0 Å². The molecule has 1 heterocycles. The Morgan fingerprint density at radius 2 is 1.88 bits per heavy atom. The van der Waals surface area contributed by atoms with Crippen LogP contribution < -0.4 is 0 Å². The second-order valence-corrected chi connectivity index (χ2v) is 7.95. The van der Waals surface area contributed by atoms with Gasteiger partial charge < -0.3 is 14.7 Å². The van der Waals surface area contributed by atoms with Crippen LogP contribution in [0.2, 0.25) is 0 Å². The Morgan fingerprint density at radius 3 is 2.38 bits per heavy atom. The molecule has 1 aliphatic heterocycles. The largest absolute Gasteiger partial charge is 0.481 e. The third-order valence-electron chi connectivity index (χ3n) is 4.94. The normalized spacial score (nSPS) is 31.3. The molecule has 8 heteroatoms. The van der Waals surface area contributed by atoms with E-state index in [-0.39, 0.29) is 25.9 Å². The highest BCUT2D eigenvalue weighted by atomic mass is 19.4. The van der Waals surface area contributed by atoms with Crippen molar-refractivity contribution >= 4 is 12.1 Å². The fraction of sp³-hybridized carbons (Fsp3) is 0.875. The summed E-state index contributed by atoms with van der Waals surface area (Å²) in [4.78, 5) is 25.1. The molecule has 24 heavy (non-hydrogen) atoms. The zero-order valence-corrected chi connectivity index (χ0v) is 14.2. The minimum Gasteiger partial charge on any atom is -0.481 e. The molecule has 2 rings (SSSR count). The van der Waals surface area contributed by atoms with Gasteiger partial charge in [-0.25, -0.2) is 4.79 Å². The molecular formula is C16H24F3NO4. The number of hydrogen-bond acceptors (Lipinski definition) is 3. The van der Waals surface area contributed by atoms with Crippen LogP contribution in [0.4, 0.5) is 18.0 Å². The second kappa shape index (κ2) is 6.11. The van der Waals surface area contributed by atoms with Crippen LogP contribution in [0.3, 0.4) is 0 Å². The second-order valence-electron chi connectivity index (χ2n) is 7.95. The van der Waals surface area contributed by atoms with Crippen LogP contribution in [-0.4, -0.2) is 46.9 Å². The first kappa shape index (κ1) is 18.9. The standard InChI is InChI=1S/C16H24F3NO4/c1-14(2,3)24-13(23)20-8-11(12(21)22)15(9-20)6-4-5-10(7-15)16(17,18)19/h10-11H,4-9H2,1-3H3,(H,21,22). The van der Waals surface area contributed by atoms with E-state index in [2.05, 4.69) is 0 Å². The molecule has 1 saturated heterocycles. The van der Waals surface area contributed by atoms with Gasteiger partial charge in [-0.15, -0.1) is 0 Å². The Balaban J connectivity index is 2.21. The summed E-state index contributed by atoms with van der Waals surface area (Å²) in [5, 5.41) is 9.49. The van der Waals surface area contributed by atoms with Crippen molar-refractivity contribution in [1.82, 2.24) is 4.90 Å². The molecular weight excluding hydrogens is 327 g/mol. The van der Waals surface area contributed by atoms with E-state index in [9.17, 15) is 27.9 Å². The monoisotopic (exact) mass is 351 g/mol. The molecule has 138 valence electrons. The van der Waals surface area contributed by atoms with Gasteiger partial charge in [0.25, 0.3) is 0 Å². The van der Waals surface area contributed by atoms with Crippen molar-refractivity contribution in [1.29, 1.82) is 0 Å². The Kier molecular flexibility index (Phi) is 4.80. The average Bonchev–Trinajstić information content (AvgIpc) is 2.75. The number of rotatable bonds is 1. The van der Waals surface area contributed by atoms with E-state index in [0.717, 1.165) is 0 Å². The molecule has 0 aromatic heterocycles. The molecule has 1 N–H and O–H groups in total. The van der Waals surface area contributed by atoms with Gasteiger partial charge in [0.05, 0.1) is 11.8 Å². The highest BCUT2D eigenvalue weighted by Gasteiger charge is 2.57. The van der Waals surface area contributed by atoms with Crippen molar-refractivity contribution in [3.63, 3.8) is 0 Å². The van der Waals surface area contributed by atoms with Gasteiger partial charge in [-0.2, -0.15) is 13.2 Å². The van der Waals surface area contributed by atoms with Crippen LogP contribution in [0.1, 0.15) is 46.5 Å². The van der Waals surface area contributed by atoms with E-state index in [1.807, 2.05) is 0 Å². The van der Waals surface area contributed by atoms with Crippen molar-refractivity contribution < 1.29 is 32.6 Å². The van der Waals surface area contributed by atoms with Gasteiger partial charge in [0.1, 0.15) is 5.60 Å². The van der Waals surface area contributed by atoms with E-state index < -0.39 is 41.1 Å². The number of carboxylic acids is 1. The number of carboxylic acid groups (broad SMARTS) is 1. The molecule has 0 aromatic carbocycles. The predicted molar refractivity (Wildman–Crippen MR) is 79.4 cm³/mol. The van der Waals surface area contributed by atoms with Crippen LogP contribution >= 0.6 is 0 Å². The molecule has 5 nitrogen and oxygen atoms in total. The number of ether oxygens (including phenoxy) is 1. The summed E-state index contributed by atoms with van der Waals surface area (Å²) >= 11 is 0. The number of carbonyl (C=O) groups is 2. The van der Waals surface area contributed by atoms with Crippen LogP contribution in [0.25, 0.3) is 0 Å². The van der Waals surface area contributed by atoms with E-state index in [1.165, 1.54) is 4.90 Å². The average molecular weight is 351 g/mol. The fourth-order valence-electron chi connectivity index (χ4n) is 3.91. The number of alkyl halides is 3. The zero-order chi connectivity index (χ0) is 18.3. The van der Waals surface area contributed by atoms with Crippen LogP contribution in [0, 0.1) is 17.3 Å². The van der Waals surface area contributed by atoms with Crippen molar-refractivity contribution in [2.24, 2.45) is 17.3 Å². The summed E-state index contributed by atoms with van der Waals surface area (Å²) in [6.07, 6.45) is -4.53. The number of likely N-dealkylation sites (tertiary alicyclic amines) is 1. The van der Waals surface area contributed by atoms with Crippen molar-refractivity contribution in [3.8, 4) is 0 Å². The summed E-state index contributed by atoms with van der Waals surface area (Å²) in [7, 11) is 0. The Morgan fingerprint density at radius 1 is 1.25 bits per heavy atom. The van der Waals surface area contributed by atoms with Crippen LogP contribution in [-0.2, 0) is 9.53 Å². The molecule has 2 aliphatic rings. The van der Waals surface area contributed by atoms with Gasteiger partial charge in [-0.1, -0.05) is 6.42 Å². The van der Waals surface area contributed by atoms with Gasteiger partial charge in [0, 0.05) is 18.5 Å². The minimum atomic E-state index is -4.34. The molecule has 1 amide bonds. The number of aliphatic carboxylic acids is 1. The zero-order valence-electron chi connectivity index (χ0n) is 14.2. The molecule has 0 aromatic rings. The number of carbonyl (C=O) groups excluding carboxylic acids is 1. The minimum absolute atomic E-state index is 0.00542. The smallest absolute Gasteiger partial charge is 0.410 e. The summed E-state index contributed by atoms with van der Waals surface area (Å²) in [6.45, 7) is 4.96. The third-order valence-corrected chi connectivity index (χ3v) is 4.94. The van der Waals surface area contributed by atoms with Gasteiger partial charge in [0.15, 0.2) is 0 Å². The van der Waals surface area contributed by atoms with E-state index in [1.54, 1.807) is 20.8 Å². The predicted octanol–water partition coefficient (Wildman–Crippen LogP) is 3.68. The highest BCUT2D eigenvalue weighted by Crippen LogP contribution is 2.53. The van der Waals surface area contributed by atoms with E-state index in [4.69, 9.17) is 4.74 Å². The molecule has 3 unspecified atom stereocenters. The topological polar surface area (TPSA) is 66.8 Å². The number of nitrogens with zero attached hydrogens (tertiary/aromatic N) is 1. The Hall–Kier alpha value is -1.47. The van der Waals surface area contributed by atoms with Gasteiger partial charge >= 0.3 is 18.2 Å². The lowest BCUT2D eigenvalue weighted by Crippen LogP contribution is -2.43. The van der Waals surface area contributed by atoms with Gasteiger partial charge in [0.2, 0.25) is 0 Å².